The Balaban J connectivity index is 1.76. The maximum Gasteiger partial charge on any atom is 0.418 e. The molecule has 2 saturated heterocycles. The topological polar surface area (TPSA) is 15.3 Å². The van der Waals surface area contributed by atoms with Gasteiger partial charge in [0.15, 0.2) is 0 Å². The highest BCUT2D eigenvalue weighted by molar-refractivity contribution is 5.53. The molecule has 1 N–H and O–H groups in total. The van der Waals surface area contributed by atoms with Crippen LogP contribution in [-0.4, -0.2) is 30.1 Å². The maximum absolute atomic E-state index is 13.0. The zero-order chi connectivity index (χ0) is 15.0. The molecular formula is C16H21F3N2. The first-order chi connectivity index (χ1) is 9.95. The van der Waals surface area contributed by atoms with Crippen LogP contribution in [0.15, 0.2) is 24.3 Å². The molecule has 2 atom stereocenters. The fraction of sp³-hybridized carbons (Fsp3) is 0.625. The highest BCUT2D eigenvalue weighted by Crippen LogP contribution is 2.38. The highest BCUT2D eigenvalue weighted by Gasteiger charge is 2.38. The number of anilines is 1. The summed E-state index contributed by atoms with van der Waals surface area (Å²) in [7, 11) is 2.15. The van der Waals surface area contributed by atoms with E-state index in [1.54, 1.807) is 6.07 Å². The summed E-state index contributed by atoms with van der Waals surface area (Å²) in [5.41, 5.74) is -0.341. The van der Waals surface area contributed by atoms with Crippen LogP contribution in [0.4, 0.5) is 18.9 Å². The van der Waals surface area contributed by atoms with Crippen LogP contribution in [0.2, 0.25) is 0 Å². The van der Waals surface area contributed by atoms with Gasteiger partial charge in [0.05, 0.1) is 5.56 Å². The monoisotopic (exact) mass is 298 g/mol. The highest BCUT2D eigenvalue weighted by atomic mass is 19.4. The second kappa shape index (κ2) is 5.52. The van der Waals surface area contributed by atoms with Gasteiger partial charge in [-0.2, -0.15) is 13.2 Å². The van der Waals surface area contributed by atoms with E-state index in [1.807, 2.05) is 0 Å². The Kier molecular flexibility index (Phi) is 3.86. The van der Waals surface area contributed by atoms with Crippen molar-refractivity contribution in [1.29, 1.82) is 0 Å². The Hall–Kier alpha value is -1.23. The molecule has 2 bridgehead atoms. The molecule has 0 spiro atoms. The predicted octanol–water partition coefficient (Wildman–Crippen LogP) is 4.13. The summed E-state index contributed by atoms with van der Waals surface area (Å²) >= 11 is 0. The Labute approximate surface area is 123 Å². The van der Waals surface area contributed by atoms with E-state index in [-0.39, 0.29) is 11.7 Å². The van der Waals surface area contributed by atoms with Crippen molar-refractivity contribution in [2.75, 3.05) is 12.4 Å². The van der Waals surface area contributed by atoms with Gasteiger partial charge in [0.1, 0.15) is 0 Å². The van der Waals surface area contributed by atoms with Gasteiger partial charge >= 0.3 is 6.18 Å². The molecule has 2 aliphatic heterocycles. The quantitative estimate of drug-likeness (QED) is 0.883. The average Bonchev–Trinajstić information content (AvgIpc) is 2.39. The summed E-state index contributed by atoms with van der Waals surface area (Å²) in [6, 6.07) is 6.95. The summed E-state index contributed by atoms with van der Waals surface area (Å²) in [6.45, 7) is 0. The van der Waals surface area contributed by atoms with Gasteiger partial charge in [-0.25, -0.2) is 0 Å². The standard InChI is InChI=1S/C16H21F3N2/c1-21-12-5-4-6-13(21)10-11(9-12)20-15-8-3-2-7-14(15)16(17,18)19/h2-3,7-8,11-13,20H,4-6,9-10H2,1H3. The van der Waals surface area contributed by atoms with E-state index >= 15 is 0 Å². The maximum atomic E-state index is 13.0. The lowest BCUT2D eigenvalue weighted by atomic mass is 9.82. The van der Waals surface area contributed by atoms with Crippen molar-refractivity contribution in [2.24, 2.45) is 0 Å². The van der Waals surface area contributed by atoms with E-state index in [4.69, 9.17) is 0 Å². The zero-order valence-corrected chi connectivity index (χ0v) is 12.2. The number of fused-ring (bicyclic) bond motifs is 2. The molecule has 0 amide bonds. The number of rotatable bonds is 2. The smallest absolute Gasteiger partial charge is 0.382 e. The number of hydrogen-bond donors (Lipinski definition) is 1. The third-order valence-electron chi connectivity index (χ3n) is 4.93. The fourth-order valence-electron chi connectivity index (χ4n) is 3.81. The number of hydrogen-bond acceptors (Lipinski definition) is 2. The van der Waals surface area contributed by atoms with Crippen molar-refractivity contribution in [3.05, 3.63) is 29.8 Å². The fourth-order valence-corrected chi connectivity index (χ4v) is 3.81. The van der Waals surface area contributed by atoms with Crippen LogP contribution in [0.5, 0.6) is 0 Å². The van der Waals surface area contributed by atoms with E-state index in [9.17, 15) is 13.2 Å². The summed E-state index contributed by atoms with van der Waals surface area (Å²) in [5.74, 6) is 0. The van der Waals surface area contributed by atoms with Gasteiger partial charge in [0.2, 0.25) is 0 Å². The van der Waals surface area contributed by atoms with E-state index in [0.29, 0.717) is 12.1 Å². The first-order valence-corrected chi connectivity index (χ1v) is 7.60. The third kappa shape index (κ3) is 3.03. The lowest BCUT2D eigenvalue weighted by Crippen LogP contribution is -2.52. The Morgan fingerprint density at radius 3 is 2.33 bits per heavy atom. The van der Waals surface area contributed by atoms with Crippen LogP contribution >= 0.6 is 0 Å². The Morgan fingerprint density at radius 1 is 1.10 bits per heavy atom. The molecule has 2 heterocycles. The van der Waals surface area contributed by atoms with Crippen LogP contribution in [0.3, 0.4) is 0 Å². The number of halogens is 3. The molecule has 2 nitrogen and oxygen atoms in total. The van der Waals surface area contributed by atoms with Crippen molar-refractivity contribution in [2.45, 2.75) is 56.4 Å². The number of alkyl halides is 3. The molecule has 2 aliphatic rings. The first kappa shape index (κ1) is 14.7. The van der Waals surface area contributed by atoms with Gasteiger partial charge in [-0.05, 0) is 44.9 Å². The second-order valence-corrected chi connectivity index (χ2v) is 6.26. The molecule has 0 saturated carbocycles. The molecule has 0 aliphatic carbocycles. The van der Waals surface area contributed by atoms with E-state index in [2.05, 4.69) is 17.3 Å². The minimum absolute atomic E-state index is 0.139. The average molecular weight is 298 g/mol. The van der Waals surface area contributed by atoms with Crippen molar-refractivity contribution < 1.29 is 13.2 Å². The van der Waals surface area contributed by atoms with Gasteiger partial charge in [0, 0.05) is 23.8 Å². The molecule has 2 fully saturated rings. The number of nitrogens with zero attached hydrogens (tertiary/aromatic N) is 1. The van der Waals surface area contributed by atoms with Gasteiger partial charge in [-0.15, -0.1) is 0 Å². The Bertz CT molecular complexity index is 487. The summed E-state index contributed by atoms with van der Waals surface area (Å²) in [4.78, 5) is 2.41. The lowest BCUT2D eigenvalue weighted by Gasteiger charge is -2.47. The van der Waals surface area contributed by atoms with Crippen molar-refractivity contribution in [3.63, 3.8) is 0 Å². The molecule has 1 aromatic rings. The second-order valence-electron chi connectivity index (χ2n) is 6.26. The van der Waals surface area contributed by atoms with Crippen LogP contribution in [-0.2, 0) is 6.18 Å². The van der Waals surface area contributed by atoms with Crippen molar-refractivity contribution in [1.82, 2.24) is 4.90 Å². The third-order valence-corrected chi connectivity index (χ3v) is 4.93. The summed E-state index contributed by atoms with van der Waals surface area (Å²) in [5, 5.41) is 3.16. The zero-order valence-electron chi connectivity index (χ0n) is 12.2. The molecule has 5 heteroatoms. The summed E-state index contributed by atoms with van der Waals surface area (Å²) in [6.07, 6.45) is 1.12. The predicted molar refractivity (Wildman–Crippen MR) is 77.3 cm³/mol. The molecule has 0 radical (unpaired) electrons. The molecular weight excluding hydrogens is 277 g/mol. The molecule has 3 rings (SSSR count). The van der Waals surface area contributed by atoms with Crippen molar-refractivity contribution in [3.8, 4) is 0 Å². The number of piperidine rings is 2. The largest absolute Gasteiger partial charge is 0.418 e. The van der Waals surface area contributed by atoms with E-state index in [1.165, 1.54) is 18.6 Å². The van der Waals surface area contributed by atoms with E-state index in [0.717, 1.165) is 31.7 Å². The lowest BCUT2D eigenvalue weighted by molar-refractivity contribution is -0.137. The van der Waals surface area contributed by atoms with Crippen LogP contribution < -0.4 is 5.32 Å². The molecule has 1 aromatic carbocycles. The van der Waals surface area contributed by atoms with Gasteiger partial charge in [-0.1, -0.05) is 18.6 Å². The summed E-state index contributed by atoms with van der Waals surface area (Å²) < 4.78 is 39.1. The van der Waals surface area contributed by atoms with Crippen molar-refractivity contribution >= 4 is 5.69 Å². The molecule has 116 valence electrons. The normalized spacial score (nSPS) is 30.2. The minimum Gasteiger partial charge on any atom is -0.382 e. The molecule has 2 unspecified atom stereocenters. The number of benzene rings is 1. The SMILES string of the molecule is CN1C2CCCC1CC(Nc1ccccc1C(F)(F)F)C2. The van der Waals surface area contributed by atoms with Gasteiger partial charge < -0.3 is 10.2 Å². The molecule has 0 aromatic heterocycles. The van der Waals surface area contributed by atoms with E-state index < -0.39 is 11.7 Å². The number of nitrogens with one attached hydrogen (secondary N) is 1. The van der Waals surface area contributed by atoms with Crippen LogP contribution in [0.1, 0.15) is 37.7 Å². The first-order valence-electron chi connectivity index (χ1n) is 7.60. The van der Waals surface area contributed by atoms with Gasteiger partial charge in [0.25, 0.3) is 0 Å². The minimum atomic E-state index is -4.30. The van der Waals surface area contributed by atoms with Crippen LogP contribution in [0.25, 0.3) is 0 Å². The number of para-hydroxylation sites is 1. The van der Waals surface area contributed by atoms with Gasteiger partial charge in [-0.3, -0.25) is 0 Å². The Morgan fingerprint density at radius 2 is 1.71 bits per heavy atom. The molecule has 21 heavy (non-hydrogen) atoms. The van der Waals surface area contributed by atoms with Crippen LogP contribution in [0, 0.1) is 0 Å².